The molecule has 0 unspecified atom stereocenters. The number of benzene rings is 2. The molecule has 0 saturated heterocycles. The number of sulfonamides is 1. The Morgan fingerprint density at radius 1 is 0.967 bits per heavy atom. The molecular weight excluding hydrogens is 426 g/mol. The van der Waals surface area contributed by atoms with Crippen molar-refractivity contribution in [2.45, 2.75) is 4.90 Å². The highest BCUT2D eigenvalue weighted by Crippen LogP contribution is 2.30. The first-order valence-corrected chi connectivity index (χ1v) is 10.6. The third-order valence-corrected chi connectivity index (χ3v) is 6.08. The van der Waals surface area contributed by atoms with Crippen LogP contribution < -0.4 is 4.72 Å². The van der Waals surface area contributed by atoms with Crippen LogP contribution in [0.4, 0.5) is 5.69 Å². The average molecular weight is 440 g/mol. The fourth-order valence-corrected chi connectivity index (χ4v) is 4.24. The van der Waals surface area contributed by atoms with Crippen LogP contribution >= 0.6 is 11.6 Å². The number of carboxylic acid groups (broad SMARTS) is 1. The zero-order valence-corrected chi connectivity index (χ0v) is 16.9. The molecule has 2 N–H and O–H groups in total. The zero-order chi connectivity index (χ0) is 21.3. The molecule has 0 saturated carbocycles. The van der Waals surface area contributed by atoms with Crippen molar-refractivity contribution in [2.75, 3.05) is 4.72 Å². The Bertz CT molecular complexity index is 1390. The number of aromatic carboxylic acids is 1. The van der Waals surface area contributed by atoms with Crippen LogP contribution in [0.5, 0.6) is 0 Å². The Morgan fingerprint density at radius 2 is 1.80 bits per heavy atom. The monoisotopic (exact) mass is 439 g/mol. The second kappa shape index (κ2) is 7.74. The first-order chi connectivity index (χ1) is 14.3. The molecule has 0 fully saturated rings. The Morgan fingerprint density at radius 3 is 2.60 bits per heavy atom. The van der Waals surface area contributed by atoms with E-state index < -0.39 is 16.0 Å². The molecule has 9 heteroatoms. The third kappa shape index (κ3) is 3.96. The van der Waals surface area contributed by atoms with Crippen LogP contribution in [-0.4, -0.2) is 29.5 Å². The van der Waals surface area contributed by atoms with E-state index in [9.17, 15) is 13.2 Å². The molecule has 0 aliphatic rings. The Kier molecular flexibility index (Phi) is 5.11. The SMILES string of the molecule is O=C(O)c1cccc(S(=O)(=O)Nc2cc(-c3ccc4ncccc4c3)cnc2Cl)c1. The molecule has 2 aromatic carbocycles. The summed E-state index contributed by atoms with van der Waals surface area (Å²) in [5.41, 5.74) is 2.25. The number of pyridine rings is 2. The van der Waals surface area contributed by atoms with E-state index >= 15 is 0 Å². The largest absolute Gasteiger partial charge is 0.478 e. The maximum absolute atomic E-state index is 12.8. The highest BCUT2D eigenvalue weighted by molar-refractivity contribution is 7.92. The Hall–Kier alpha value is -3.49. The lowest BCUT2D eigenvalue weighted by atomic mass is 10.0. The lowest BCUT2D eigenvalue weighted by Gasteiger charge is -2.11. The molecule has 30 heavy (non-hydrogen) atoms. The number of anilines is 1. The molecule has 7 nitrogen and oxygen atoms in total. The number of rotatable bonds is 5. The number of nitrogens with one attached hydrogen (secondary N) is 1. The first-order valence-electron chi connectivity index (χ1n) is 8.70. The predicted octanol–water partition coefficient (Wildman–Crippen LogP) is 4.45. The van der Waals surface area contributed by atoms with E-state index in [0.717, 1.165) is 22.5 Å². The summed E-state index contributed by atoms with van der Waals surface area (Å²) in [6.45, 7) is 0. The standard InChI is InChI=1S/C21H14ClN3O4S/c22-20-19(25-30(28,29)17-5-1-3-15(10-17)21(26)27)11-16(12-24-20)13-6-7-18-14(9-13)4-2-8-23-18/h1-12,25H,(H,26,27). The van der Waals surface area contributed by atoms with Crippen LogP contribution in [0.1, 0.15) is 10.4 Å². The highest BCUT2D eigenvalue weighted by atomic mass is 35.5. The van der Waals surface area contributed by atoms with Gasteiger partial charge in [0, 0.05) is 23.3 Å². The van der Waals surface area contributed by atoms with E-state index in [-0.39, 0.29) is 21.3 Å². The molecule has 0 aliphatic heterocycles. The van der Waals surface area contributed by atoms with Crippen LogP contribution in [0.25, 0.3) is 22.0 Å². The molecule has 150 valence electrons. The van der Waals surface area contributed by atoms with Gasteiger partial charge >= 0.3 is 5.97 Å². The Balaban J connectivity index is 1.71. The molecule has 4 aromatic rings. The fourth-order valence-electron chi connectivity index (χ4n) is 2.93. The van der Waals surface area contributed by atoms with E-state index in [1.807, 2.05) is 30.3 Å². The van der Waals surface area contributed by atoms with E-state index in [0.29, 0.717) is 5.56 Å². The summed E-state index contributed by atoms with van der Waals surface area (Å²) in [4.78, 5) is 19.3. The summed E-state index contributed by atoms with van der Waals surface area (Å²) in [5, 5.41) is 10.00. The van der Waals surface area contributed by atoms with Gasteiger partial charge in [-0.15, -0.1) is 0 Å². The normalized spacial score (nSPS) is 11.4. The van der Waals surface area contributed by atoms with Gasteiger partial charge in [0.1, 0.15) is 0 Å². The van der Waals surface area contributed by atoms with Gasteiger partial charge in [-0.1, -0.05) is 29.8 Å². The maximum atomic E-state index is 12.8. The van der Waals surface area contributed by atoms with Crippen molar-refractivity contribution in [1.82, 2.24) is 9.97 Å². The zero-order valence-electron chi connectivity index (χ0n) is 15.3. The summed E-state index contributed by atoms with van der Waals surface area (Å²) in [7, 11) is -4.07. The molecule has 0 amide bonds. The third-order valence-electron chi connectivity index (χ3n) is 4.41. The van der Waals surface area contributed by atoms with Gasteiger partial charge in [0.05, 0.1) is 21.7 Å². The number of halogens is 1. The minimum absolute atomic E-state index is 0.0285. The minimum Gasteiger partial charge on any atom is -0.478 e. The lowest BCUT2D eigenvalue weighted by Crippen LogP contribution is -2.14. The van der Waals surface area contributed by atoms with Gasteiger partial charge in [0.25, 0.3) is 10.0 Å². The number of carboxylic acids is 1. The number of nitrogens with zero attached hydrogens (tertiary/aromatic N) is 2. The smallest absolute Gasteiger partial charge is 0.335 e. The summed E-state index contributed by atoms with van der Waals surface area (Å²) >= 11 is 6.11. The Labute approximate surface area is 177 Å². The molecule has 0 bridgehead atoms. The second-order valence-electron chi connectivity index (χ2n) is 6.41. The van der Waals surface area contributed by atoms with Crippen LogP contribution in [0.15, 0.2) is 78.0 Å². The van der Waals surface area contributed by atoms with Gasteiger partial charge in [0.15, 0.2) is 5.15 Å². The van der Waals surface area contributed by atoms with Crippen molar-refractivity contribution < 1.29 is 18.3 Å². The van der Waals surface area contributed by atoms with Crippen LogP contribution in [0.3, 0.4) is 0 Å². The molecule has 2 heterocycles. The molecule has 0 atom stereocenters. The lowest BCUT2D eigenvalue weighted by molar-refractivity contribution is 0.0696. The van der Waals surface area contributed by atoms with Gasteiger partial charge < -0.3 is 5.11 Å². The molecular formula is C21H14ClN3O4S. The van der Waals surface area contributed by atoms with Gasteiger partial charge in [0.2, 0.25) is 0 Å². The van der Waals surface area contributed by atoms with Crippen molar-refractivity contribution in [3.8, 4) is 11.1 Å². The first kappa shape index (κ1) is 19.8. The molecule has 2 aromatic heterocycles. The maximum Gasteiger partial charge on any atom is 0.335 e. The van der Waals surface area contributed by atoms with Gasteiger partial charge in [-0.05, 0) is 48.0 Å². The average Bonchev–Trinajstić information content (AvgIpc) is 2.75. The number of carbonyl (C=O) groups is 1. The van der Waals surface area contributed by atoms with E-state index in [1.54, 1.807) is 18.5 Å². The van der Waals surface area contributed by atoms with Gasteiger partial charge in [-0.25, -0.2) is 18.2 Å². The topological polar surface area (TPSA) is 109 Å². The summed E-state index contributed by atoms with van der Waals surface area (Å²) < 4.78 is 27.9. The summed E-state index contributed by atoms with van der Waals surface area (Å²) in [6.07, 6.45) is 3.25. The van der Waals surface area contributed by atoms with Crippen molar-refractivity contribution in [2.24, 2.45) is 0 Å². The van der Waals surface area contributed by atoms with Gasteiger partial charge in [-0.3, -0.25) is 9.71 Å². The minimum atomic E-state index is -4.07. The number of fused-ring (bicyclic) bond motifs is 1. The van der Waals surface area contributed by atoms with Crippen molar-refractivity contribution in [1.29, 1.82) is 0 Å². The van der Waals surface area contributed by atoms with E-state index in [1.165, 1.54) is 18.2 Å². The number of aromatic nitrogens is 2. The quantitative estimate of drug-likeness (QED) is 0.444. The summed E-state index contributed by atoms with van der Waals surface area (Å²) in [5.74, 6) is -1.22. The van der Waals surface area contributed by atoms with Crippen molar-refractivity contribution in [3.05, 3.63) is 83.8 Å². The fraction of sp³-hybridized carbons (Fsp3) is 0. The van der Waals surface area contributed by atoms with Gasteiger partial charge in [-0.2, -0.15) is 0 Å². The highest BCUT2D eigenvalue weighted by Gasteiger charge is 2.18. The van der Waals surface area contributed by atoms with Crippen molar-refractivity contribution in [3.63, 3.8) is 0 Å². The number of hydrogen-bond donors (Lipinski definition) is 2. The molecule has 4 rings (SSSR count). The molecule has 0 aliphatic carbocycles. The molecule has 0 spiro atoms. The van der Waals surface area contributed by atoms with Crippen LogP contribution in [0, 0.1) is 0 Å². The predicted molar refractivity (Wildman–Crippen MR) is 114 cm³/mol. The second-order valence-corrected chi connectivity index (χ2v) is 8.45. The van der Waals surface area contributed by atoms with Crippen molar-refractivity contribution >= 4 is 44.2 Å². The number of hydrogen-bond acceptors (Lipinski definition) is 5. The van der Waals surface area contributed by atoms with Crippen LogP contribution in [-0.2, 0) is 10.0 Å². The van der Waals surface area contributed by atoms with E-state index in [2.05, 4.69) is 14.7 Å². The van der Waals surface area contributed by atoms with E-state index in [4.69, 9.17) is 16.7 Å². The molecule has 0 radical (unpaired) electrons. The van der Waals surface area contributed by atoms with Crippen LogP contribution in [0.2, 0.25) is 5.15 Å². The summed E-state index contributed by atoms with van der Waals surface area (Å²) in [6, 6.07) is 16.0.